The van der Waals surface area contributed by atoms with E-state index in [0.29, 0.717) is 11.3 Å². The molecule has 0 aliphatic carbocycles. The van der Waals surface area contributed by atoms with Crippen molar-refractivity contribution in [3.63, 3.8) is 0 Å². The van der Waals surface area contributed by atoms with Crippen LogP contribution in [0.25, 0.3) is 0 Å². The number of ether oxygens (including phenoxy) is 1. The second kappa shape index (κ2) is 5.62. The number of fused-ring (bicyclic) bond motifs is 1. The number of carbonyl (C=O) groups is 1. The van der Waals surface area contributed by atoms with Crippen molar-refractivity contribution >= 4 is 6.03 Å². The fraction of sp³-hybridized carbons (Fsp3) is 0.467. The number of urea groups is 1. The van der Waals surface area contributed by atoms with E-state index in [0.717, 1.165) is 38.3 Å². The van der Waals surface area contributed by atoms with Gasteiger partial charge in [0.05, 0.1) is 18.7 Å². The number of piperazine rings is 1. The maximum Gasteiger partial charge on any atom is 0.317 e. The highest BCUT2D eigenvalue weighted by molar-refractivity contribution is 5.77. The van der Waals surface area contributed by atoms with Gasteiger partial charge < -0.3 is 15.0 Å². The van der Waals surface area contributed by atoms with Gasteiger partial charge >= 0.3 is 6.03 Å². The largest absolute Gasteiger partial charge is 0.495 e. The van der Waals surface area contributed by atoms with Crippen molar-refractivity contribution < 1.29 is 9.53 Å². The van der Waals surface area contributed by atoms with E-state index in [2.05, 4.69) is 16.3 Å². The van der Waals surface area contributed by atoms with Crippen LogP contribution >= 0.6 is 0 Å². The van der Waals surface area contributed by atoms with Gasteiger partial charge in [-0.2, -0.15) is 5.26 Å². The molecule has 0 radical (unpaired) electrons. The number of methoxy groups -OCH3 is 1. The smallest absolute Gasteiger partial charge is 0.317 e. The van der Waals surface area contributed by atoms with Gasteiger partial charge in [-0.3, -0.25) is 4.90 Å². The molecule has 1 atom stereocenters. The van der Waals surface area contributed by atoms with Gasteiger partial charge in [-0.05, 0) is 17.7 Å². The lowest BCUT2D eigenvalue weighted by molar-refractivity contribution is 0.116. The molecular weight excluding hydrogens is 268 g/mol. The number of carbonyl (C=O) groups excluding carboxylic acids is 1. The standard InChI is InChI=1S/C15H18N4O2/c1-21-14-6-11(2-3-12(14)7-16)9-18-4-5-19-13(10-18)8-17-15(19)20/h2-3,6,13H,4-5,8-10H2,1H3,(H,17,20). The summed E-state index contributed by atoms with van der Waals surface area (Å²) in [7, 11) is 1.58. The third-order valence-corrected chi connectivity index (χ3v) is 4.11. The topological polar surface area (TPSA) is 68.6 Å². The molecule has 1 unspecified atom stereocenters. The molecule has 0 aromatic heterocycles. The van der Waals surface area contributed by atoms with E-state index in [9.17, 15) is 4.79 Å². The summed E-state index contributed by atoms with van der Waals surface area (Å²) in [5.74, 6) is 0.617. The third-order valence-electron chi connectivity index (χ3n) is 4.11. The minimum absolute atomic E-state index is 0.0553. The number of nitrogens with zero attached hydrogens (tertiary/aromatic N) is 3. The van der Waals surface area contributed by atoms with Crippen LogP contribution in [0.5, 0.6) is 5.75 Å². The summed E-state index contributed by atoms with van der Waals surface area (Å²) in [5, 5.41) is 11.9. The quantitative estimate of drug-likeness (QED) is 0.891. The van der Waals surface area contributed by atoms with E-state index in [1.807, 2.05) is 17.0 Å². The zero-order valence-corrected chi connectivity index (χ0v) is 12.0. The van der Waals surface area contributed by atoms with Crippen LogP contribution in [0, 0.1) is 11.3 Å². The fourth-order valence-electron chi connectivity index (χ4n) is 3.00. The summed E-state index contributed by atoms with van der Waals surface area (Å²) in [6, 6.07) is 8.13. The van der Waals surface area contributed by atoms with E-state index < -0.39 is 0 Å². The number of hydrogen-bond donors (Lipinski definition) is 1. The van der Waals surface area contributed by atoms with Crippen LogP contribution in [0.3, 0.4) is 0 Å². The second-order valence-corrected chi connectivity index (χ2v) is 5.41. The Morgan fingerprint density at radius 1 is 1.48 bits per heavy atom. The van der Waals surface area contributed by atoms with Crippen molar-refractivity contribution in [3.8, 4) is 11.8 Å². The van der Waals surface area contributed by atoms with Crippen molar-refractivity contribution in [1.29, 1.82) is 5.26 Å². The third kappa shape index (κ3) is 2.65. The normalized spacial score (nSPS) is 21.6. The molecule has 0 spiro atoms. The lowest BCUT2D eigenvalue weighted by atomic mass is 10.1. The Morgan fingerprint density at radius 2 is 2.33 bits per heavy atom. The molecule has 0 bridgehead atoms. The van der Waals surface area contributed by atoms with Crippen molar-refractivity contribution in [1.82, 2.24) is 15.1 Å². The maximum absolute atomic E-state index is 11.6. The molecule has 2 aliphatic heterocycles. The maximum atomic E-state index is 11.6. The lowest BCUT2D eigenvalue weighted by Gasteiger charge is -2.36. The molecule has 2 amide bonds. The molecule has 21 heavy (non-hydrogen) atoms. The predicted molar refractivity (Wildman–Crippen MR) is 76.9 cm³/mol. The van der Waals surface area contributed by atoms with Gasteiger partial charge in [0.15, 0.2) is 0 Å². The number of amides is 2. The van der Waals surface area contributed by atoms with Gasteiger partial charge in [0.1, 0.15) is 11.8 Å². The van der Waals surface area contributed by atoms with Gasteiger partial charge in [0, 0.05) is 32.7 Å². The Labute approximate surface area is 123 Å². The molecule has 6 nitrogen and oxygen atoms in total. The molecular formula is C15H18N4O2. The van der Waals surface area contributed by atoms with E-state index in [1.165, 1.54) is 0 Å². The summed E-state index contributed by atoms with van der Waals surface area (Å²) < 4.78 is 5.25. The highest BCUT2D eigenvalue weighted by atomic mass is 16.5. The molecule has 2 fully saturated rings. The van der Waals surface area contributed by atoms with Crippen LogP contribution in [-0.2, 0) is 6.54 Å². The Hall–Kier alpha value is -2.26. The molecule has 1 aromatic rings. The molecule has 2 heterocycles. The van der Waals surface area contributed by atoms with E-state index in [-0.39, 0.29) is 12.1 Å². The number of nitrogens with one attached hydrogen (secondary N) is 1. The van der Waals surface area contributed by atoms with E-state index in [4.69, 9.17) is 10.00 Å². The summed E-state index contributed by atoms with van der Waals surface area (Å²) >= 11 is 0. The van der Waals surface area contributed by atoms with Gasteiger partial charge in [0.2, 0.25) is 0 Å². The van der Waals surface area contributed by atoms with Gasteiger partial charge in [-0.15, -0.1) is 0 Å². The van der Waals surface area contributed by atoms with Crippen LogP contribution in [0.1, 0.15) is 11.1 Å². The summed E-state index contributed by atoms with van der Waals surface area (Å²) in [6.45, 7) is 4.05. The summed E-state index contributed by atoms with van der Waals surface area (Å²) in [5.41, 5.74) is 1.67. The van der Waals surface area contributed by atoms with Crippen LogP contribution in [-0.4, -0.2) is 55.2 Å². The zero-order chi connectivity index (χ0) is 14.8. The Bertz CT molecular complexity index is 596. The molecule has 1 N–H and O–H groups in total. The Balaban J connectivity index is 1.68. The van der Waals surface area contributed by atoms with E-state index in [1.54, 1.807) is 13.2 Å². The number of hydrogen-bond acceptors (Lipinski definition) is 4. The second-order valence-electron chi connectivity index (χ2n) is 5.41. The van der Waals surface area contributed by atoms with Gasteiger partial charge in [-0.25, -0.2) is 4.79 Å². The van der Waals surface area contributed by atoms with Gasteiger partial charge in [0.25, 0.3) is 0 Å². The summed E-state index contributed by atoms with van der Waals surface area (Å²) in [6.07, 6.45) is 0. The Kier molecular flexibility index (Phi) is 3.67. The van der Waals surface area contributed by atoms with Crippen LogP contribution in [0.15, 0.2) is 18.2 Å². The van der Waals surface area contributed by atoms with Crippen LogP contribution in [0.4, 0.5) is 4.79 Å². The van der Waals surface area contributed by atoms with E-state index >= 15 is 0 Å². The molecule has 2 aliphatic rings. The average molecular weight is 286 g/mol. The number of nitriles is 1. The average Bonchev–Trinajstić information content (AvgIpc) is 2.88. The first-order chi connectivity index (χ1) is 10.2. The summed E-state index contributed by atoms with van der Waals surface area (Å²) in [4.78, 5) is 15.8. The molecule has 110 valence electrons. The fourth-order valence-corrected chi connectivity index (χ4v) is 3.00. The van der Waals surface area contributed by atoms with Crippen molar-refractivity contribution in [2.75, 3.05) is 33.3 Å². The minimum atomic E-state index is 0.0553. The number of rotatable bonds is 3. The first-order valence-corrected chi connectivity index (χ1v) is 7.05. The molecule has 2 saturated heterocycles. The molecule has 0 saturated carbocycles. The van der Waals surface area contributed by atoms with Crippen molar-refractivity contribution in [2.24, 2.45) is 0 Å². The van der Waals surface area contributed by atoms with Gasteiger partial charge in [-0.1, -0.05) is 6.07 Å². The molecule has 1 aromatic carbocycles. The van der Waals surface area contributed by atoms with Crippen LogP contribution in [0.2, 0.25) is 0 Å². The Morgan fingerprint density at radius 3 is 3.10 bits per heavy atom. The van der Waals surface area contributed by atoms with Crippen molar-refractivity contribution in [3.05, 3.63) is 29.3 Å². The predicted octanol–water partition coefficient (Wildman–Crippen LogP) is 0.776. The highest BCUT2D eigenvalue weighted by Crippen LogP contribution is 2.22. The molecule has 3 rings (SSSR count). The SMILES string of the molecule is COc1cc(CN2CCN3C(=O)NCC3C2)ccc1C#N. The first-order valence-electron chi connectivity index (χ1n) is 7.05. The zero-order valence-electron chi connectivity index (χ0n) is 12.0. The monoisotopic (exact) mass is 286 g/mol. The lowest BCUT2D eigenvalue weighted by Crippen LogP contribution is -2.51. The highest BCUT2D eigenvalue weighted by Gasteiger charge is 2.35. The first kappa shape index (κ1) is 13.7. The van der Waals surface area contributed by atoms with Crippen molar-refractivity contribution in [2.45, 2.75) is 12.6 Å². The minimum Gasteiger partial charge on any atom is -0.495 e. The molecule has 6 heteroatoms. The van der Waals surface area contributed by atoms with Crippen LogP contribution < -0.4 is 10.1 Å². The number of benzene rings is 1.